The van der Waals surface area contributed by atoms with E-state index < -0.39 is 11.9 Å². The SMILES string of the molecule is CC1CC(C(=O)O)CN(C(=O)NC2CC(=O)N(C)C2c2ccc(Cl)cc2)C1. The van der Waals surface area contributed by atoms with Gasteiger partial charge in [0, 0.05) is 31.6 Å². The van der Waals surface area contributed by atoms with E-state index in [9.17, 15) is 19.5 Å². The third-order valence-corrected chi connectivity index (χ3v) is 5.65. The number of aliphatic carboxylic acids is 1. The van der Waals surface area contributed by atoms with Crippen molar-refractivity contribution in [3.8, 4) is 0 Å². The molecule has 146 valence electrons. The number of likely N-dealkylation sites (N-methyl/N-ethyl adjacent to an activating group) is 1. The average Bonchev–Trinajstić information content (AvgIpc) is 2.89. The molecule has 4 unspecified atom stereocenters. The number of carbonyl (C=O) groups excluding carboxylic acids is 2. The Morgan fingerprint density at radius 1 is 1.22 bits per heavy atom. The van der Waals surface area contributed by atoms with Crippen LogP contribution < -0.4 is 5.32 Å². The van der Waals surface area contributed by atoms with Crippen molar-refractivity contribution < 1.29 is 19.5 Å². The molecule has 2 saturated heterocycles. The largest absolute Gasteiger partial charge is 0.481 e. The third-order valence-electron chi connectivity index (χ3n) is 5.40. The van der Waals surface area contributed by atoms with E-state index in [-0.39, 0.29) is 42.9 Å². The van der Waals surface area contributed by atoms with Gasteiger partial charge in [0.15, 0.2) is 0 Å². The molecule has 1 aromatic carbocycles. The highest BCUT2D eigenvalue weighted by Gasteiger charge is 2.41. The molecule has 0 aromatic heterocycles. The van der Waals surface area contributed by atoms with Gasteiger partial charge in [-0.25, -0.2) is 4.79 Å². The molecule has 2 N–H and O–H groups in total. The summed E-state index contributed by atoms with van der Waals surface area (Å²) >= 11 is 5.95. The highest BCUT2D eigenvalue weighted by molar-refractivity contribution is 6.30. The molecule has 1 aromatic rings. The molecular formula is C19H24ClN3O4. The number of rotatable bonds is 3. The summed E-state index contributed by atoms with van der Waals surface area (Å²) in [6, 6.07) is 6.24. The van der Waals surface area contributed by atoms with Crippen LogP contribution in [0, 0.1) is 11.8 Å². The van der Waals surface area contributed by atoms with Crippen molar-refractivity contribution in [2.75, 3.05) is 20.1 Å². The van der Waals surface area contributed by atoms with Crippen molar-refractivity contribution in [1.29, 1.82) is 0 Å². The average molecular weight is 394 g/mol. The van der Waals surface area contributed by atoms with Gasteiger partial charge in [-0.2, -0.15) is 0 Å². The van der Waals surface area contributed by atoms with Gasteiger partial charge in [0.1, 0.15) is 0 Å². The number of hydrogen-bond donors (Lipinski definition) is 2. The van der Waals surface area contributed by atoms with Crippen LogP contribution in [0.25, 0.3) is 0 Å². The van der Waals surface area contributed by atoms with Crippen LogP contribution in [-0.4, -0.2) is 59.0 Å². The molecule has 0 bridgehead atoms. The first-order valence-corrected chi connectivity index (χ1v) is 9.43. The smallest absolute Gasteiger partial charge is 0.317 e. The Balaban J connectivity index is 1.74. The van der Waals surface area contributed by atoms with E-state index in [4.69, 9.17) is 11.6 Å². The second-order valence-electron chi connectivity index (χ2n) is 7.54. The Kier molecular flexibility index (Phi) is 5.60. The number of carboxylic acids is 1. The maximum absolute atomic E-state index is 12.8. The van der Waals surface area contributed by atoms with E-state index in [0.29, 0.717) is 18.0 Å². The second-order valence-corrected chi connectivity index (χ2v) is 7.98. The highest BCUT2D eigenvalue weighted by atomic mass is 35.5. The van der Waals surface area contributed by atoms with E-state index in [2.05, 4.69) is 5.32 Å². The minimum absolute atomic E-state index is 0.0457. The molecule has 4 atom stereocenters. The summed E-state index contributed by atoms with van der Waals surface area (Å²) in [5, 5.41) is 12.9. The summed E-state index contributed by atoms with van der Waals surface area (Å²) in [7, 11) is 1.72. The summed E-state index contributed by atoms with van der Waals surface area (Å²) in [5.74, 6) is -1.37. The van der Waals surface area contributed by atoms with Crippen LogP contribution in [0.3, 0.4) is 0 Å². The molecule has 3 rings (SSSR count). The molecule has 7 nitrogen and oxygen atoms in total. The molecule has 2 aliphatic heterocycles. The Morgan fingerprint density at radius 3 is 2.52 bits per heavy atom. The normalized spacial score (nSPS) is 28.3. The molecular weight excluding hydrogens is 370 g/mol. The van der Waals surface area contributed by atoms with Gasteiger partial charge in [-0.05, 0) is 30.0 Å². The Bertz CT molecular complexity index is 739. The zero-order valence-electron chi connectivity index (χ0n) is 15.4. The van der Waals surface area contributed by atoms with Gasteiger partial charge < -0.3 is 20.2 Å². The fourth-order valence-corrected chi connectivity index (χ4v) is 4.19. The topological polar surface area (TPSA) is 90.0 Å². The number of piperidine rings is 1. The van der Waals surface area contributed by atoms with Crippen LogP contribution in [0.5, 0.6) is 0 Å². The predicted molar refractivity (Wildman–Crippen MR) is 100 cm³/mol. The number of urea groups is 1. The lowest BCUT2D eigenvalue weighted by atomic mass is 9.90. The van der Waals surface area contributed by atoms with Gasteiger partial charge in [0.25, 0.3) is 0 Å². The van der Waals surface area contributed by atoms with E-state index in [1.165, 1.54) is 0 Å². The molecule has 2 fully saturated rings. The van der Waals surface area contributed by atoms with Crippen molar-refractivity contribution in [2.45, 2.75) is 31.8 Å². The van der Waals surface area contributed by atoms with Crippen LogP contribution >= 0.6 is 11.6 Å². The summed E-state index contributed by atoms with van der Waals surface area (Å²) < 4.78 is 0. The summed E-state index contributed by atoms with van der Waals surface area (Å²) in [6.07, 6.45) is 0.776. The second kappa shape index (κ2) is 7.76. The number of halogens is 1. The van der Waals surface area contributed by atoms with E-state index in [1.54, 1.807) is 29.0 Å². The van der Waals surface area contributed by atoms with Gasteiger partial charge in [0.05, 0.1) is 18.0 Å². The van der Waals surface area contributed by atoms with E-state index in [0.717, 1.165) is 5.56 Å². The first kappa shape index (κ1) is 19.5. The molecule has 0 saturated carbocycles. The number of likely N-dealkylation sites (tertiary alicyclic amines) is 2. The quantitative estimate of drug-likeness (QED) is 0.824. The van der Waals surface area contributed by atoms with Crippen molar-refractivity contribution in [1.82, 2.24) is 15.1 Å². The fraction of sp³-hybridized carbons (Fsp3) is 0.526. The molecule has 2 aliphatic rings. The Hall–Kier alpha value is -2.28. The molecule has 0 radical (unpaired) electrons. The number of benzene rings is 1. The van der Waals surface area contributed by atoms with Crippen LogP contribution in [0.15, 0.2) is 24.3 Å². The molecule has 27 heavy (non-hydrogen) atoms. The molecule has 3 amide bonds. The van der Waals surface area contributed by atoms with Gasteiger partial charge in [0.2, 0.25) is 5.91 Å². The summed E-state index contributed by atoms with van der Waals surface area (Å²) in [6.45, 7) is 2.64. The zero-order chi connectivity index (χ0) is 19.7. The van der Waals surface area contributed by atoms with Crippen LogP contribution in [0.4, 0.5) is 4.79 Å². The van der Waals surface area contributed by atoms with Gasteiger partial charge in [-0.15, -0.1) is 0 Å². The zero-order valence-corrected chi connectivity index (χ0v) is 16.1. The number of carboxylic acid groups (broad SMARTS) is 1. The van der Waals surface area contributed by atoms with Crippen LogP contribution in [-0.2, 0) is 9.59 Å². The third kappa shape index (κ3) is 4.18. The van der Waals surface area contributed by atoms with E-state index in [1.807, 2.05) is 19.1 Å². The predicted octanol–water partition coefficient (Wildman–Crippen LogP) is 2.36. The van der Waals surface area contributed by atoms with Gasteiger partial charge in [-0.1, -0.05) is 30.7 Å². The molecule has 8 heteroatoms. The lowest BCUT2D eigenvalue weighted by Crippen LogP contribution is -2.52. The lowest BCUT2D eigenvalue weighted by molar-refractivity contribution is -0.143. The van der Waals surface area contributed by atoms with Crippen molar-refractivity contribution in [2.24, 2.45) is 11.8 Å². The van der Waals surface area contributed by atoms with Crippen molar-refractivity contribution in [3.63, 3.8) is 0 Å². The first-order valence-electron chi connectivity index (χ1n) is 9.05. The van der Waals surface area contributed by atoms with Gasteiger partial charge in [-0.3, -0.25) is 9.59 Å². The summed E-state index contributed by atoms with van der Waals surface area (Å²) in [5.41, 5.74) is 0.897. The minimum atomic E-state index is -0.880. The monoisotopic (exact) mass is 393 g/mol. The maximum atomic E-state index is 12.8. The van der Waals surface area contributed by atoms with Crippen molar-refractivity contribution in [3.05, 3.63) is 34.9 Å². The Morgan fingerprint density at radius 2 is 1.89 bits per heavy atom. The number of hydrogen-bond acceptors (Lipinski definition) is 3. The van der Waals surface area contributed by atoms with E-state index >= 15 is 0 Å². The highest BCUT2D eigenvalue weighted by Crippen LogP contribution is 2.33. The minimum Gasteiger partial charge on any atom is -0.481 e. The van der Waals surface area contributed by atoms with Crippen LogP contribution in [0.1, 0.15) is 31.4 Å². The number of nitrogens with zero attached hydrogens (tertiary/aromatic N) is 2. The number of amides is 3. The maximum Gasteiger partial charge on any atom is 0.317 e. The molecule has 2 heterocycles. The standard InChI is InChI=1S/C19H24ClN3O4/c1-11-7-13(18(25)26)10-23(9-11)19(27)21-15-8-16(24)22(2)17(15)12-3-5-14(20)6-4-12/h3-6,11,13,15,17H,7-10H2,1-2H3,(H,21,27)(H,25,26). The molecule has 0 spiro atoms. The molecule has 0 aliphatic carbocycles. The number of carbonyl (C=O) groups is 3. The van der Waals surface area contributed by atoms with Crippen molar-refractivity contribution >= 4 is 29.5 Å². The number of nitrogens with one attached hydrogen (secondary N) is 1. The fourth-order valence-electron chi connectivity index (χ4n) is 4.06. The van der Waals surface area contributed by atoms with Gasteiger partial charge >= 0.3 is 12.0 Å². The van der Waals surface area contributed by atoms with Crippen LogP contribution in [0.2, 0.25) is 5.02 Å². The first-order chi connectivity index (χ1) is 12.8. The summed E-state index contributed by atoms with van der Waals surface area (Å²) in [4.78, 5) is 39.6. The Labute approximate surface area is 163 Å². The lowest BCUT2D eigenvalue weighted by Gasteiger charge is -2.36.